The van der Waals surface area contributed by atoms with E-state index in [0.29, 0.717) is 18.7 Å². The van der Waals surface area contributed by atoms with Gasteiger partial charge in [-0.05, 0) is 56.7 Å². The summed E-state index contributed by atoms with van der Waals surface area (Å²) in [4.78, 5) is 11.6. The molecule has 0 unspecified atom stereocenters. The van der Waals surface area contributed by atoms with Gasteiger partial charge in [0.2, 0.25) is 0 Å². The molecule has 2 N–H and O–H groups in total. The first-order valence-corrected chi connectivity index (χ1v) is 8.06. The molecule has 0 heterocycles. The van der Waals surface area contributed by atoms with E-state index in [1.165, 1.54) is 23.1 Å². The fourth-order valence-electron chi connectivity index (χ4n) is 2.65. The Labute approximate surface area is 132 Å². The second-order valence-electron chi connectivity index (χ2n) is 5.62. The van der Waals surface area contributed by atoms with Crippen molar-refractivity contribution >= 4 is 5.97 Å². The number of nitrogens with two attached hydrogens (primary N) is 1. The van der Waals surface area contributed by atoms with Gasteiger partial charge >= 0.3 is 5.97 Å². The number of hydrogen-bond acceptors (Lipinski definition) is 3. The summed E-state index contributed by atoms with van der Waals surface area (Å²) in [5.74, 6) is -0.250. The Morgan fingerprint density at radius 3 is 2.45 bits per heavy atom. The van der Waals surface area contributed by atoms with E-state index in [0.717, 1.165) is 25.7 Å². The molecule has 1 aromatic rings. The quantitative estimate of drug-likeness (QED) is 0.813. The highest BCUT2D eigenvalue weighted by molar-refractivity contribution is 5.89. The zero-order valence-electron chi connectivity index (χ0n) is 13.3. The third-order valence-electron chi connectivity index (χ3n) is 4.01. The van der Waals surface area contributed by atoms with Crippen molar-refractivity contribution in [3.05, 3.63) is 58.7 Å². The lowest BCUT2D eigenvalue weighted by Gasteiger charge is -2.07. The molecule has 0 fully saturated rings. The molecule has 2 rings (SSSR count). The van der Waals surface area contributed by atoms with Gasteiger partial charge in [-0.15, -0.1) is 0 Å². The second kappa shape index (κ2) is 8.54. The first-order chi connectivity index (χ1) is 10.7. The lowest BCUT2D eigenvalue weighted by atomic mass is 10.00. The van der Waals surface area contributed by atoms with Crippen LogP contribution in [-0.4, -0.2) is 19.1 Å². The van der Waals surface area contributed by atoms with Crippen LogP contribution in [-0.2, 0) is 11.2 Å². The maximum Gasteiger partial charge on any atom is 0.338 e. The molecule has 3 nitrogen and oxygen atoms in total. The fourth-order valence-corrected chi connectivity index (χ4v) is 2.65. The molecule has 0 bridgehead atoms. The highest BCUT2D eigenvalue weighted by Gasteiger charge is 2.07. The third-order valence-corrected chi connectivity index (χ3v) is 4.01. The van der Waals surface area contributed by atoms with Crippen LogP contribution in [0.3, 0.4) is 0 Å². The van der Waals surface area contributed by atoms with Crippen LogP contribution in [0.1, 0.15) is 48.5 Å². The number of carbonyl (C=O) groups excluding carboxylic acids is 1. The Bertz CT molecular complexity index is 555. The van der Waals surface area contributed by atoms with Gasteiger partial charge in [-0.3, -0.25) is 0 Å². The van der Waals surface area contributed by atoms with Crippen LogP contribution in [0.2, 0.25) is 0 Å². The van der Waals surface area contributed by atoms with E-state index in [1.54, 1.807) is 0 Å². The SMILES string of the molecule is CCOC(=O)c1ccc(CCC2=CC=C(CN)CCC2)cc1. The molecule has 0 aliphatic heterocycles. The minimum Gasteiger partial charge on any atom is -0.462 e. The number of rotatable bonds is 6. The smallest absolute Gasteiger partial charge is 0.338 e. The monoisotopic (exact) mass is 299 g/mol. The van der Waals surface area contributed by atoms with Crippen molar-refractivity contribution in [1.29, 1.82) is 0 Å². The van der Waals surface area contributed by atoms with Crippen molar-refractivity contribution in [2.45, 2.75) is 39.0 Å². The fraction of sp³-hybridized carbons (Fsp3) is 0.421. The summed E-state index contributed by atoms with van der Waals surface area (Å²) in [6.45, 7) is 2.89. The molecule has 1 aliphatic carbocycles. The molecule has 0 amide bonds. The highest BCUT2D eigenvalue weighted by Crippen LogP contribution is 2.21. The van der Waals surface area contributed by atoms with Gasteiger partial charge in [0, 0.05) is 6.54 Å². The molecule has 0 saturated heterocycles. The molecule has 0 radical (unpaired) electrons. The molecule has 22 heavy (non-hydrogen) atoms. The first kappa shape index (κ1) is 16.5. The predicted octanol–water partition coefficient (Wildman–Crippen LogP) is 3.79. The lowest BCUT2D eigenvalue weighted by Crippen LogP contribution is -2.04. The first-order valence-electron chi connectivity index (χ1n) is 8.06. The number of benzene rings is 1. The summed E-state index contributed by atoms with van der Waals surface area (Å²) >= 11 is 0. The predicted molar refractivity (Wildman–Crippen MR) is 89.8 cm³/mol. The Morgan fingerprint density at radius 2 is 1.77 bits per heavy atom. The van der Waals surface area contributed by atoms with Crippen molar-refractivity contribution in [2.24, 2.45) is 5.73 Å². The molecular formula is C19H25NO2. The van der Waals surface area contributed by atoms with E-state index in [4.69, 9.17) is 10.5 Å². The average Bonchev–Trinajstić information content (AvgIpc) is 2.78. The largest absolute Gasteiger partial charge is 0.462 e. The number of carbonyl (C=O) groups is 1. The van der Waals surface area contributed by atoms with E-state index in [2.05, 4.69) is 12.2 Å². The van der Waals surface area contributed by atoms with Crippen LogP contribution in [0.25, 0.3) is 0 Å². The number of hydrogen-bond donors (Lipinski definition) is 1. The summed E-state index contributed by atoms with van der Waals surface area (Å²) in [5, 5.41) is 0. The van der Waals surface area contributed by atoms with Crippen molar-refractivity contribution in [3.8, 4) is 0 Å². The summed E-state index contributed by atoms with van der Waals surface area (Å²) in [7, 11) is 0. The molecule has 1 aromatic carbocycles. The highest BCUT2D eigenvalue weighted by atomic mass is 16.5. The number of esters is 1. The van der Waals surface area contributed by atoms with Crippen molar-refractivity contribution in [3.63, 3.8) is 0 Å². The minimum absolute atomic E-state index is 0.250. The van der Waals surface area contributed by atoms with Crippen LogP contribution in [0, 0.1) is 0 Å². The van der Waals surface area contributed by atoms with Crippen molar-refractivity contribution in [2.75, 3.05) is 13.2 Å². The van der Waals surface area contributed by atoms with Gasteiger partial charge in [-0.25, -0.2) is 4.79 Å². The summed E-state index contributed by atoms with van der Waals surface area (Å²) in [5.41, 5.74) is 10.4. The molecule has 1 aliphatic rings. The Balaban J connectivity index is 1.90. The van der Waals surface area contributed by atoms with Gasteiger partial charge < -0.3 is 10.5 Å². The van der Waals surface area contributed by atoms with Crippen molar-refractivity contribution < 1.29 is 9.53 Å². The Kier molecular flexibility index (Phi) is 6.41. The normalized spacial score (nSPS) is 14.8. The van der Waals surface area contributed by atoms with Crippen LogP contribution < -0.4 is 5.73 Å². The van der Waals surface area contributed by atoms with Gasteiger partial charge in [0.05, 0.1) is 12.2 Å². The van der Waals surface area contributed by atoms with E-state index < -0.39 is 0 Å². The van der Waals surface area contributed by atoms with Crippen molar-refractivity contribution in [1.82, 2.24) is 0 Å². The molecule has 0 spiro atoms. The number of ether oxygens (including phenoxy) is 1. The van der Waals surface area contributed by atoms with Gasteiger partial charge in [0.15, 0.2) is 0 Å². The standard InChI is InChI=1S/C19H25NO2/c1-2-22-19(21)18-12-10-16(11-13-18)7-6-15-4-3-5-17(14-20)9-8-15/h8-13H,2-7,14,20H2,1H3. The lowest BCUT2D eigenvalue weighted by molar-refractivity contribution is 0.0526. The van der Waals surface area contributed by atoms with Crippen LogP contribution in [0.4, 0.5) is 0 Å². The Morgan fingerprint density at radius 1 is 1.09 bits per heavy atom. The minimum atomic E-state index is -0.250. The Hall–Kier alpha value is -1.87. The van der Waals surface area contributed by atoms with Gasteiger partial charge in [-0.2, -0.15) is 0 Å². The number of allylic oxidation sites excluding steroid dienone is 3. The second-order valence-corrected chi connectivity index (χ2v) is 5.62. The third kappa shape index (κ3) is 4.85. The maximum absolute atomic E-state index is 11.6. The van der Waals surface area contributed by atoms with Crippen LogP contribution >= 0.6 is 0 Å². The maximum atomic E-state index is 11.6. The average molecular weight is 299 g/mol. The molecule has 0 saturated carbocycles. The zero-order chi connectivity index (χ0) is 15.8. The van der Waals surface area contributed by atoms with E-state index in [-0.39, 0.29) is 5.97 Å². The van der Waals surface area contributed by atoms with Gasteiger partial charge in [-0.1, -0.05) is 35.4 Å². The zero-order valence-corrected chi connectivity index (χ0v) is 13.3. The molecule has 3 heteroatoms. The molecular weight excluding hydrogens is 274 g/mol. The van der Waals surface area contributed by atoms with E-state index in [1.807, 2.05) is 31.2 Å². The van der Waals surface area contributed by atoms with Crippen LogP contribution in [0.15, 0.2) is 47.6 Å². The van der Waals surface area contributed by atoms with E-state index in [9.17, 15) is 4.79 Å². The van der Waals surface area contributed by atoms with Gasteiger partial charge in [0.1, 0.15) is 0 Å². The molecule has 118 valence electrons. The molecule has 0 atom stereocenters. The summed E-state index contributed by atoms with van der Waals surface area (Å²) in [6, 6.07) is 7.73. The molecule has 0 aromatic heterocycles. The number of aryl methyl sites for hydroxylation is 1. The van der Waals surface area contributed by atoms with Crippen LogP contribution in [0.5, 0.6) is 0 Å². The summed E-state index contributed by atoms with van der Waals surface area (Å²) < 4.78 is 4.99. The van der Waals surface area contributed by atoms with E-state index >= 15 is 0 Å². The summed E-state index contributed by atoms with van der Waals surface area (Å²) in [6.07, 6.45) is 9.95. The van der Waals surface area contributed by atoms with Gasteiger partial charge in [0.25, 0.3) is 0 Å². The topological polar surface area (TPSA) is 52.3 Å².